The number of rotatable bonds is 7. The van der Waals surface area contributed by atoms with Crippen LogP contribution in [-0.2, 0) is 13.2 Å². The van der Waals surface area contributed by atoms with Crippen LogP contribution in [0.15, 0.2) is 34.7 Å². The van der Waals surface area contributed by atoms with Crippen LogP contribution in [0.2, 0.25) is 0 Å². The minimum Gasteiger partial charge on any atom is -0.484 e. The largest absolute Gasteiger partial charge is 0.484 e. The summed E-state index contributed by atoms with van der Waals surface area (Å²) in [6.07, 6.45) is 0. The van der Waals surface area contributed by atoms with Gasteiger partial charge in [0.05, 0.1) is 6.54 Å². The van der Waals surface area contributed by atoms with Gasteiger partial charge in [-0.05, 0) is 25.2 Å². The van der Waals surface area contributed by atoms with Crippen LogP contribution in [0.3, 0.4) is 0 Å². The SMILES string of the molecule is CCN(CC)Cc1nnc(COc2ccccc2)o1. The highest BCUT2D eigenvalue weighted by molar-refractivity contribution is 5.20. The van der Waals surface area contributed by atoms with E-state index in [2.05, 4.69) is 28.9 Å². The van der Waals surface area contributed by atoms with Gasteiger partial charge in [0.25, 0.3) is 5.89 Å². The lowest BCUT2D eigenvalue weighted by atomic mass is 10.3. The lowest BCUT2D eigenvalue weighted by Crippen LogP contribution is -2.22. The summed E-state index contributed by atoms with van der Waals surface area (Å²) < 4.78 is 11.1. The molecule has 0 unspecified atom stereocenters. The molecule has 5 nitrogen and oxygen atoms in total. The fourth-order valence-electron chi connectivity index (χ4n) is 1.71. The summed E-state index contributed by atoms with van der Waals surface area (Å²) in [5, 5.41) is 8.01. The molecule has 0 fully saturated rings. The van der Waals surface area contributed by atoms with Crippen molar-refractivity contribution in [3.8, 4) is 5.75 Å². The quantitative estimate of drug-likeness (QED) is 0.766. The maximum absolute atomic E-state index is 5.55. The van der Waals surface area contributed by atoms with Gasteiger partial charge in [0.1, 0.15) is 5.75 Å². The average Bonchev–Trinajstić information content (AvgIpc) is 2.91. The Morgan fingerprint density at radius 3 is 2.42 bits per heavy atom. The summed E-state index contributed by atoms with van der Waals surface area (Å²) in [5.74, 6) is 1.94. The Morgan fingerprint density at radius 1 is 1.05 bits per heavy atom. The summed E-state index contributed by atoms with van der Waals surface area (Å²) in [5.41, 5.74) is 0. The zero-order chi connectivity index (χ0) is 13.5. The number of hydrogen-bond acceptors (Lipinski definition) is 5. The Bertz CT molecular complexity index is 480. The Balaban J connectivity index is 1.87. The molecule has 102 valence electrons. The fourth-order valence-corrected chi connectivity index (χ4v) is 1.71. The van der Waals surface area contributed by atoms with Gasteiger partial charge in [0.15, 0.2) is 6.61 Å². The first-order chi connectivity index (χ1) is 9.31. The van der Waals surface area contributed by atoms with Crippen molar-refractivity contribution in [2.45, 2.75) is 27.0 Å². The zero-order valence-corrected chi connectivity index (χ0v) is 11.4. The van der Waals surface area contributed by atoms with Crippen molar-refractivity contribution >= 4 is 0 Å². The lowest BCUT2D eigenvalue weighted by Gasteiger charge is -2.14. The second kappa shape index (κ2) is 6.89. The van der Waals surface area contributed by atoms with Crippen molar-refractivity contribution in [3.63, 3.8) is 0 Å². The molecule has 0 amide bonds. The molecule has 0 spiro atoms. The van der Waals surface area contributed by atoms with E-state index >= 15 is 0 Å². The van der Waals surface area contributed by atoms with E-state index in [0.717, 1.165) is 18.8 Å². The minimum atomic E-state index is 0.301. The minimum absolute atomic E-state index is 0.301. The van der Waals surface area contributed by atoms with Crippen molar-refractivity contribution in [3.05, 3.63) is 42.1 Å². The van der Waals surface area contributed by atoms with Crippen LogP contribution in [-0.4, -0.2) is 28.2 Å². The zero-order valence-electron chi connectivity index (χ0n) is 11.4. The smallest absolute Gasteiger partial charge is 0.253 e. The molecule has 1 aromatic carbocycles. The third-order valence-electron chi connectivity index (χ3n) is 2.87. The molecule has 0 bridgehead atoms. The van der Waals surface area contributed by atoms with Crippen LogP contribution >= 0.6 is 0 Å². The number of para-hydroxylation sites is 1. The molecule has 0 aliphatic rings. The molecule has 0 saturated carbocycles. The predicted molar refractivity (Wildman–Crippen MR) is 71.7 cm³/mol. The molecule has 19 heavy (non-hydrogen) atoms. The van der Waals surface area contributed by atoms with Gasteiger partial charge in [0.2, 0.25) is 5.89 Å². The van der Waals surface area contributed by atoms with E-state index in [-0.39, 0.29) is 0 Å². The van der Waals surface area contributed by atoms with E-state index in [4.69, 9.17) is 9.15 Å². The monoisotopic (exact) mass is 261 g/mol. The Morgan fingerprint density at radius 2 is 1.74 bits per heavy atom. The number of benzene rings is 1. The van der Waals surface area contributed by atoms with Crippen molar-refractivity contribution in [1.82, 2.24) is 15.1 Å². The first kappa shape index (κ1) is 13.5. The summed E-state index contributed by atoms with van der Waals surface area (Å²) in [7, 11) is 0. The number of hydrogen-bond donors (Lipinski definition) is 0. The van der Waals surface area contributed by atoms with E-state index in [9.17, 15) is 0 Å². The second-order valence-electron chi connectivity index (χ2n) is 4.15. The molecule has 1 heterocycles. The van der Waals surface area contributed by atoms with E-state index in [1.165, 1.54) is 0 Å². The van der Waals surface area contributed by atoms with Crippen LogP contribution in [0.1, 0.15) is 25.6 Å². The Labute approximate surface area is 113 Å². The van der Waals surface area contributed by atoms with Gasteiger partial charge < -0.3 is 9.15 Å². The van der Waals surface area contributed by atoms with E-state index < -0.39 is 0 Å². The Kier molecular flexibility index (Phi) is 4.92. The van der Waals surface area contributed by atoms with Gasteiger partial charge in [-0.3, -0.25) is 4.90 Å². The van der Waals surface area contributed by atoms with Gasteiger partial charge in [-0.15, -0.1) is 10.2 Å². The van der Waals surface area contributed by atoms with Crippen LogP contribution in [0.5, 0.6) is 5.75 Å². The van der Waals surface area contributed by atoms with Gasteiger partial charge >= 0.3 is 0 Å². The first-order valence-corrected chi connectivity index (χ1v) is 6.53. The van der Waals surface area contributed by atoms with Crippen molar-refractivity contribution < 1.29 is 9.15 Å². The third-order valence-corrected chi connectivity index (χ3v) is 2.87. The third kappa shape index (κ3) is 4.06. The van der Waals surface area contributed by atoms with E-state index in [1.54, 1.807) is 0 Å². The first-order valence-electron chi connectivity index (χ1n) is 6.53. The molecule has 2 aromatic rings. The highest BCUT2D eigenvalue weighted by Crippen LogP contribution is 2.11. The van der Waals surface area contributed by atoms with E-state index in [0.29, 0.717) is 24.9 Å². The summed E-state index contributed by atoms with van der Waals surface area (Å²) in [6, 6.07) is 9.59. The van der Waals surface area contributed by atoms with Crippen molar-refractivity contribution in [1.29, 1.82) is 0 Å². The van der Waals surface area contributed by atoms with Crippen LogP contribution in [0, 0.1) is 0 Å². The molecule has 0 aliphatic heterocycles. The highest BCUT2D eigenvalue weighted by atomic mass is 16.5. The van der Waals surface area contributed by atoms with Crippen molar-refractivity contribution in [2.24, 2.45) is 0 Å². The topological polar surface area (TPSA) is 51.4 Å². The van der Waals surface area contributed by atoms with Gasteiger partial charge in [-0.1, -0.05) is 32.0 Å². The second-order valence-corrected chi connectivity index (χ2v) is 4.15. The predicted octanol–water partition coefficient (Wildman–Crippen LogP) is 2.49. The maximum atomic E-state index is 5.55. The molecule has 0 radical (unpaired) electrons. The lowest BCUT2D eigenvalue weighted by molar-refractivity contribution is 0.234. The standard InChI is InChI=1S/C14H19N3O2/c1-3-17(4-2)10-13-15-16-14(19-13)11-18-12-8-6-5-7-9-12/h5-9H,3-4,10-11H2,1-2H3. The number of ether oxygens (including phenoxy) is 1. The molecular formula is C14H19N3O2. The molecular weight excluding hydrogens is 242 g/mol. The summed E-state index contributed by atoms with van der Waals surface area (Å²) >= 11 is 0. The van der Waals surface area contributed by atoms with Crippen LogP contribution in [0.25, 0.3) is 0 Å². The summed E-state index contributed by atoms with van der Waals surface area (Å²) in [4.78, 5) is 2.22. The molecule has 0 atom stereocenters. The molecule has 1 aromatic heterocycles. The molecule has 0 N–H and O–H groups in total. The number of nitrogens with zero attached hydrogens (tertiary/aromatic N) is 3. The highest BCUT2D eigenvalue weighted by Gasteiger charge is 2.09. The van der Waals surface area contributed by atoms with Gasteiger partial charge in [0, 0.05) is 0 Å². The molecule has 0 aliphatic carbocycles. The normalized spacial score (nSPS) is 10.9. The van der Waals surface area contributed by atoms with E-state index in [1.807, 2.05) is 30.3 Å². The van der Waals surface area contributed by atoms with Crippen molar-refractivity contribution in [2.75, 3.05) is 13.1 Å². The Hall–Kier alpha value is -1.88. The maximum Gasteiger partial charge on any atom is 0.253 e. The average molecular weight is 261 g/mol. The van der Waals surface area contributed by atoms with Gasteiger partial charge in [-0.2, -0.15) is 0 Å². The molecule has 5 heteroatoms. The van der Waals surface area contributed by atoms with Gasteiger partial charge in [-0.25, -0.2) is 0 Å². The van der Waals surface area contributed by atoms with Crippen LogP contribution in [0.4, 0.5) is 0 Å². The summed E-state index contributed by atoms with van der Waals surface area (Å²) in [6.45, 7) is 7.14. The van der Waals surface area contributed by atoms with Crippen LogP contribution < -0.4 is 4.74 Å². The molecule has 2 rings (SSSR count). The fraction of sp³-hybridized carbons (Fsp3) is 0.429. The molecule has 0 saturated heterocycles. The number of aromatic nitrogens is 2.